The van der Waals surface area contributed by atoms with Gasteiger partial charge in [-0.15, -0.1) is 11.8 Å². The topological polar surface area (TPSA) is 251 Å². The van der Waals surface area contributed by atoms with Crippen LogP contribution >= 0.6 is 11.8 Å². The first-order valence-corrected chi connectivity index (χ1v) is 28.5. The van der Waals surface area contributed by atoms with E-state index in [1.165, 1.54) is 17.5 Å². The van der Waals surface area contributed by atoms with Gasteiger partial charge in [-0.3, -0.25) is 33.6 Å². The van der Waals surface area contributed by atoms with Gasteiger partial charge in [0.05, 0.1) is 42.6 Å². The molecule has 0 radical (unpaired) electrons. The second kappa shape index (κ2) is 27.3. The minimum atomic E-state index is -1.23. The number of carbonyl (C=O) groups is 7. The van der Waals surface area contributed by atoms with Crippen LogP contribution in [-0.2, 0) is 52.8 Å². The molecular formula is C59H85N9O9S. The smallest absolute Gasteiger partial charge is 0.246 e. The van der Waals surface area contributed by atoms with Crippen molar-refractivity contribution in [3.8, 4) is 0 Å². The third-order valence-corrected chi connectivity index (χ3v) is 17.1. The maximum atomic E-state index is 14.9. The molecule has 1 aliphatic heterocycles. The Bertz CT molecular complexity index is 2590. The van der Waals surface area contributed by atoms with Crippen LogP contribution in [0.1, 0.15) is 132 Å². The SMILES string of the molecule is CNC(C)C(=O)NC(C(=O)N1C[C@@H](c2ccc(CC(NC(=O)C(NC(=O)C(C)NC)C(C)(C)SCC(=O)N(C)CC(O)CO)C(=O)N[C@@H]3CCCc4ccccc43)cc2)C[C@H]1C(=O)N[C@@H]1CCCc2ccccc21)C(C)(C)C. The van der Waals surface area contributed by atoms with E-state index in [9.17, 15) is 43.8 Å². The Balaban J connectivity index is 1.29. The first-order chi connectivity index (χ1) is 37.0. The molecule has 1 saturated heterocycles. The van der Waals surface area contributed by atoms with E-state index in [0.717, 1.165) is 66.1 Å². The zero-order chi connectivity index (χ0) is 57.1. The molecule has 6 unspecified atom stereocenters. The molecule has 3 aliphatic rings. The number of benzene rings is 3. The molecule has 1 fully saturated rings. The van der Waals surface area contributed by atoms with Crippen molar-refractivity contribution >= 4 is 53.1 Å². The average molecular weight is 1100 g/mol. The predicted molar refractivity (Wildman–Crippen MR) is 303 cm³/mol. The lowest BCUT2D eigenvalue weighted by atomic mass is 9.85. The summed E-state index contributed by atoms with van der Waals surface area (Å²) in [6.07, 6.45) is 4.31. The first-order valence-electron chi connectivity index (χ1n) is 27.5. The number of carbonyl (C=O) groups excluding carboxylic acids is 7. The Hall–Kier alpha value is -5.86. The molecule has 9 N–H and O–H groups in total. The van der Waals surface area contributed by atoms with E-state index in [0.29, 0.717) is 18.4 Å². The highest BCUT2D eigenvalue weighted by Gasteiger charge is 2.46. The van der Waals surface area contributed by atoms with E-state index < -0.39 is 76.8 Å². The lowest BCUT2D eigenvalue weighted by molar-refractivity contribution is -0.144. The van der Waals surface area contributed by atoms with Gasteiger partial charge in [0.25, 0.3) is 0 Å². The summed E-state index contributed by atoms with van der Waals surface area (Å²) in [5.74, 6) is -3.21. The van der Waals surface area contributed by atoms with Gasteiger partial charge in [-0.05, 0) is 126 Å². The Morgan fingerprint density at radius 2 is 1.26 bits per heavy atom. The van der Waals surface area contributed by atoms with E-state index in [2.05, 4.69) is 49.4 Å². The molecule has 10 atom stereocenters. The molecule has 19 heteroatoms. The number of amides is 7. The van der Waals surface area contributed by atoms with Crippen molar-refractivity contribution in [2.75, 3.05) is 46.6 Å². The number of nitrogens with zero attached hydrogens (tertiary/aromatic N) is 2. The van der Waals surface area contributed by atoms with Crippen molar-refractivity contribution in [2.45, 2.75) is 165 Å². The lowest BCUT2D eigenvalue weighted by Gasteiger charge is -2.36. The van der Waals surface area contributed by atoms with Crippen LogP contribution in [-0.4, -0.2) is 155 Å². The van der Waals surface area contributed by atoms with Crippen LogP contribution in [0, 0.1) is 5.41 Å². The molecule has 0 saturated carbocycles. The Morgan fingerprint density at radius 1 is 0.718 bits per heavy atom. The number of fused-ring (bicyclic) bond motifs is 2. The number of hydrogen-bond acceptors (Lipinski definition) is 12. The molecule has 1 heterocycles. The summed E-state index contributed by atoms with van der Waals surface area (Å²) < 4.78 is -1.11. The molecule has 6 rings (SSSR count). The van der Waals surface area contributed by atoms with Crippen molar-refractivity contribution in [3.05, 3.63) is 106 Å². The summed E-state index contributed by atoms with van der Waals surface area (Å²) in [5, 5.41) is 40.6. The van der Waals surface area contributed by atoms with Crippen molar-refractivity contribution in [1.29, 1.82) is 0 Å². The Morgan fingerprint density at radius 3 is 1.79 bits per heavy atom. The summed E-state index contributed by atoms with van der Waals surface area (Å²) in [7, 11) is 4.80. The molecule has 7 amide bonds. The molecule has 426 valence electrons. The zero-order valence-electron chi connectivity index (χ0n) is 47.2. The lowest BCUT2D eigenvalue weighted by Crippen LogP contribution is -2.62. The van der Waals surface area contributed by atoms with Crippen LogP contribution in [0.4, 0.5) is 0 Å². The minimum absolute atomic E-state index is 0.0605. The van der Waals surface area contributed by atoms with Gasteiger partial charge in [-0.25, -0.2) is 0 Å². The standard InChI is InChI=1S/C59H85N9O9S/c1-35(60-8)52(72)65-50(59(6,7)78-34-49(71)67(10)32-42(70)33-69)56(76)64-47(54(74)62-45-23-15-19-39-17-11-13-21-43(39)45)29-37-25-27-38(28-26-37)41-30-48(55(75)63-46-24-16-20-40-18-12-14-22-44(40)46)68(31-41)57(77)51(58(3,4)5)66-53(73)36(2)61-9/h11-14,17-18,21-22,25-28,35-36,41-42,45-48,50-51,60-61,69-70H,15-16,19-20,23-24,29-34H2,1-10H3,(H,62,74)(H,63,75)(H,64,76)(H,65,72)(H,66,73)/t35?,36?,41-,42?,45+,46+,47?,48-,50?,51?/m0/s1. The Kier molecular flexibility index (Phi) is 21.5. The number of likely N-dealkylation sites (tertiary alicyclic amines) is 1. The monoisotopic (exact) mass is 1100 g/mol. The minimum Gasteiger partial charge on any atom is -0.394 e. The summed E-state index contributed by atoms with van der Waals surface area (Å²) in [6.45, 7) is 12.1. The number of aliphatic hydroxyl groups excluding tert-OH is 2. The molecule has 78 heavy (non-hydrogen) atoms. The van der Waals surface area contributed by atoms with E-state index in [1.54, 1.807) is 46.7 Å². The molecule has 3 aromatic carbocycles. The van der Waals surface area contributed by atoms with Crippen molar-refractivity contribution in [3.63, 3.8) is 0 Å². The van der Waals surface area contributed by atoms with Crippen LogP contribution in [0.25, 0.3) is 0 Å². The molecule has 18 nitrogen and oxygen atoms in total. The molecule has 3 aromatic rings. The number of thioether (sulfide) groups is 1. The molecular weight excluding hydrogens is 1010 g/mol. The number of nitrogens with one attached hydrogen (secondary N) is 7. The van der Waals surface area contributed by atoms with Crippen LogP contribution < -0.4 is 37.2 Å². The Labute approximate surface area is 465 Å². The third-order valence-electron chi connectivity index (χ3n) is 15.8. The van der Waals surface area contributed by atoms with Crippen molar-refractivity contribution < 1.29 is 43.8 Å². The van der Waals surface area contributed by atoms with E-state index in [-0.39, 0.29) is 66.9 Å². The molecule has 2 aliphatic carbocycles. The average Bonchev–Trinajstić information content (AvgIpc) is 3.91. The first kappa shape index (κ1) is 61.4. The van der Waals surface area contributed by atoms with Gasteiger partial charge in [-0.2, -0.15) is 0 Å². The fourth-order valence-corrected chi connectivity index (χ4v) is 11.7. The quantitative estimate of drug-likeness (QED) is 0.0664. The molecule has 0 spiro atoms. The summed E-state index contributed by atoms with van der Waals surface area (Å²) in [5.41, 5.74) is 5.31. The second-order valence-electron chi connectivity index (χ2n) is 23.0. The molecule has 0 aromatic heterocycles. The van der Waals surface area contributed by atoms with Gasteiger partial charge >= 0.3 is 0 Å². The maximum Gasteiger partial charge on any atom is 0.246 e. The van der Waals surface area contributed by atoms with Crippen LogP contribution in [0.2, 0.25) is 0 Å². The number of aliphatic hydroxyl groups is 2. The number of rotatable bonds is 23. The molecule has 0 bridgehead atoms. The summed E-state index contributed by atoms with van der Waals surface area (Å²) in [4.78, 5) is 102. The number of aryl methyl sites for hydroxylation is 2. The predicted octanol–water partition coefficient (Wildman–Crippen LogP) is 3.34. The number of hydrogen-bond donors (Lipinski definition) is 9. The zero-order valence-corrected chi connectivity index (χ0v) is 48.1. The fourth-order valence-electron chi connectivity index (χ4n) is 10.6. The number of likely N-dealkylation sites (N-methyl/N-ethyl adjacent to an activating group) is 3. The maximum absolute atomic E-state index is 14.9. The summed E-state index contributed by atoms with van der Waals surface area (Å²) in [6, 6.07) is 17.8. The largest absolute Gasteiger partial charge is 0.394 e. The normalized spacial score (nSPS) is 20.5. The second-order valence-corrected chi connectivity index (χ2v) is 24.7. The van der Waals surface area contributed by atoms with Gasteiger partial charge < -0.3 is 57.2 Å². The van der Waals surface area contributed by atoms with E-state index in [4.69, 9.17) is 0 Å². The van der Waals surface area contributed by atoms with Gasteiger partial charge in [0, 0.05) is 37.2 Å². The third kappa shape index (κ3) is 15.7. The van der Waals surface area contributed by atoms with Crippen LogP contribution in [0.3, 0.4) is 0 Å². The van der Waals surface area contributed by atoms with Crippen LogP contribution in [0.15, 0.2) is 72.8 Å². The van der Waals surface area contributed by atoms with E-state index >= 15 is 0 Å². The van der Waals surface area contributed by atoms with Crippen LogP contribution in [0.5, 0.6) is 0 Å². The fraction of sp³-hybridized carbons (Fsp3) is 0.576. The van der Waals surface area contributed by atoms with Gasteiger partial charge in [0.2, 0.25) is 41.4 Å². The highest BCUT2D eigenvalue weighted by molar-refractivity contribution is 8.01. The van der Waals surface area contributed by atoms with Gasteiger partial charge in [0.15, 0.2) is 0 Å². The summed E-state index contributed by atoms with van der Waals surface area (Å²) >= 11 is 1.14. The van der Waals surface area contributed by atoms with Gasteiger partial charge in [0.1, 0.15) is 24.2 Å². The highest BCUT2D eigenvalue weighted by atomic mass is 32.2. The van der Waals surface area contributed by atoms with E-state index in [1.807, 2.05) is 81.4 Å². The van der Waals surface area contributed by atoms with Gasteiger partial charge in [-0.1, -0.05) is 93.6 Å². The van der Waals surface area contributed by atoms with Crippen molar-refractivity contribution in [2.24, 2.45) is 5.41 Å². The van der Waals surface area contributed by atoms with Crippen molar-refractivity contribution in [1.82, 2.24) is 47.0 Å². The highest BCUT2D eigenvalue weighted by Crippen LogP contribution is 2.37.